The highest BCUT2D eigenvalue weighted by Crippen LogP contribution is 2.17. The summed E-state index contributed by atoms with van der Waals surface area (Å²) in [6.45, 7) is -0.233. The standard InChI is InChI=1S/C12H13F3N2O4/c1-7(11(19)20)17(2)10(18)8-4-3-5-9(16-8)21-6-12(13,14)15/h3-5,7H,6H2,1-2H3,(H,19,20). The van der Waals surface area contributed by atoms with E-state index in [1.54, 1.807) is 0 Å². The molecule has 6 nitrogen and oxygen atoms in total. The molecule has 0 aromatic carbocycles. The molecule has 0 saturated carbocycles. The molecule has 116 valence electrons. The Morgan fingerprint density at radius 2 is 2.05 bits per heavy atom. The second kappa shape index (κ2) is 6.42. The van der Waals surface area contributed by atoms with E-state index in [1.165, 1.54) is 32.2 Å². The Hall–Kier alpha value is -2.32. The number of carbonyl (C=O) groups excluding carboxylic acids is 1. The summed E-state index contributed by atoms with van der Waals surface area (Å²) in [6, 6.07) is 2.63. The molecule has 1 rings (SSSR count). The molecule has 21 heavy (non-hydrogen) atoms. The third-order valence-corrected chi connectivity index (χ3v) is 2.59. The van der Waals surface area contributed by atoms with Crippen molar-refractivity contribution in [1.82, 2.24) is 9.88 Å². The van der Waals surface area contributed by atoms with Crippen LogP contribution in [0.1, 0.15) is 17.4 Å². The first-order valence-electron chi connectivity index (χ1n) is 5.78. The number of amides is 1. The normalized spacial score (nSPS) is 12.6. The van der Waals surface area contributed by atoms with Crippen LogP contribution < -0.4 is 4.74 Å². The van der Waals surface area contributed by atoms with Gasteiger partial charge in [-0.15, -0.1) is 0 Å². The van der Waals surface area contributed by atoms with Crippen LogP contribution in [0.3, 0.4) is 0 Å². The highest BCUT2D eigenvalue weighted by atomic mass is 19.4. The number of alkyl halides is 3. The molecule has 0 spiro atoms. The number of hydrogen-bond acceptors (Lipinski definition) is 4. The average molecular weight is 306 g/mol. The number of ether oxygens (including phenoxy) is 1. The van der Waals surface area contributed by atoms with Gasteiger partial charge in [-0.1, -0.05) is 6.07 Å². The topological polar surface area (TPSA) is 79.7 Å². The van der Waals surface area contributed by atoms with Gasteiger partial charge in [0.1, 0.15) is 11.7 Å². The molecule has 0 aliphatic carbocycles. The fourth-order valence-electron chi connectivity index (χ4n) is 1.29. The molecule has 0 bridgehead atoms. The number of aliphatic carboxylic acids is 1. The average Bonchev–Trinajstić information content (AvgIpc) is 2.42. The summed E-state index contributed by atoms with van der Waals surface area (Å²) in [7, 11) is 1.26. The summed E-state index contributed by atoms with van der Waals surface area (Å²) in [5.74, 6) is -2.31. The zero-order chi connectivity index (χ0) is 16.2. The fraction of sp³-hybridized carbons (Fsp3) is 0.417. The molecule has 0 saturated heterocycles. The Morgan fingerprint density at radius 1 is 1.43 bits per heavy atom. The second-order valence-corrected chi connectivity index (χ2v) is 4.20. The smallest absolute Gasteiger partial charge is 0.422 e. The molecule has 1 aromatic rings. The van der Waals surface area contributed by atoms with Crippen LogP contribution in [-0.4, -0.2) is 52.7 Å². The van der Waals surface area contributed by atoms with Crippen LogP contribution in [-0.2, 0) is 4.79 Å². The van der Waals surface area contributed by atoms with Crippen molar-refractivity contribution in [2.45, 2.75) is 19.1 Å². The van der Waals surface area contributed by atoms with E-state index in [-0.39, 0.29) is 11.6 Å². The van der Waals surface area contributed by atoms with E-state index in [0.717, 1.165) is 4.90 Å². The van der Waals surface area contributed by atoms with Gasteiger partial charge in [0.2, 0.25) is 5.88 Å². The second-order valence-electron chi connectivity index (χ2n) is 4.20. The zero-order valence-corrected chi connectivity index (χ0v) is 11.2. The van der Waals surface area contributed by atoms with Gasteiger partial charge in [-0.3, -0.25) is 4.79 Å². The molecule has 1 N–H and O–H groups in total. The molecule has 0 radical (unpaired) electrons. The lowest BCUT2D eigenvalue weighted by atomic mass is 10.2. The third-order valence-electron chi connectivity index (χ3n) is 2.59. The minimum atomic E-state index is -4.52. The summed E-state index contributed by atoms with van der Waals surface area (Å²) in [5, 5.41) is 8.81. The van der Waals surface area contributed by atoms with Crippen molar-refractivity contribution in [3.8, 4) is 5.88 Å². The quantitative estimate of drug-likeness (QED) is 0.893. The van der Waals surface area contributed by atoms with Gasteiger partial charge >= 0.3 is 12.1 Å². The van der Waals surface area contributed by atoms with E-state index >= 15 is 0 Å². The summed E-state index contributed by atoms with van der Waals surface area (Å²) in [4.78, 5) is 27.3. The van der Waals surface area contributed by atoms with Gasteiger partial charge in [-0.25, -0.2) is 9.78 Å². The van der Waals surface area contributed by atoms with E-state index in [2.05, 4.69) is 9.72 Å². The van der Waals surface area contributed by atoms with Crippen molar-refractivity contribution in [1.29, 1.82) is 0 Å². The lowest BCUT2D eigenvalue weighted by Gasteiger charge is -2.21. The fourth-order valence-corrected chi connectivity index (χ4v) is 1.29. The summed E-state index contributed by atoms with van der Waals surface area (Å²) < 4.78 is 40.5. The monoisotopic (exact) mass is 306 g/mol. The zero-order valence-electron chi connectivity index (χ0n) is 11.2. The first-order chi connectivity index (χ1) is 9.61. The number of carboxylic acid groups (broad SMARTS) is 1. The number of rotatable bonds is 5. The molecule has 1 unspecified atom stereocenters. The summed E-state index contributed by atoms with van der Waals surface area (Å²) >= 11 is 0. The van der Waals surface area contributed by atoms with Crippen molar-refractivity contribution in [2.24, 2.45) is 0 Å². The maximum absolute atomic E-state index is 12.0. The number of carbonyl (C=O) groups is 2. The first-order valence-corrected chi connectivity index (χ1v) is 5.78. The Morgan fingerprint density at radius 3 is 2.57 bits per heavy atom. The molecule has 1 amide bonds. The third kappa shape index (κ3) is 4.93. The summed E-state index contributed by atoms with van der Waals surface area (Å²) in [5.41, 5.74) is -0.203. The van der Waals surface area contributed by atoms with Crippen LogP contribution >= 0.6 is 0 Å². The van der Waals surface area contributed by atoms with Crippen molar-refractivity contribution in [3.05, 3.63) is 23.9 Å². The maximum atomic E-state index is 12.0. The molecule has 0 aliphatic heterocycles. The number of halogens is 3. The number of aromatic nitrogens is 1. The van der Waals surface area contributed by atoms with Crippen molar-refractivity contribution in [2.75, 3.05) is 13.7 Å². The molecular formula is C12H13F3N2O4. The molecule has 1 heterocycles. The molecule has 1 aromatic heterocycles. The van der Waals surface area contributed by atoms with E-state index < -0.39 is 30.7 Å². The van der Waals surface area contributed by atoms with Crippen LogP contribution in [0.25, 0.3) is 0 Å². The maximum Gasteiger partial charge on any atom is 0.422 e. The van der Waals surface area contributed by atoms with Crippen LogP contribution in [0, 0.1) is 0 Å². The molecule has 0 fully saturated rings. The number of likely N-dealkylation sites (N-methyl/N-ethyl adjacent to an activating group) is 1. The van der Waals surface area contributed by atoms with Gasteiger partial charge in [0, 0.05) is 13.1 Å². The highest BCUT2D eigenvalue weighted by Gasteiger charge is 2.29. The van der Waals surface area contributed by atoms with Gasteiger partial charge in [0.15, 0.2) is 6.61 Å². The van der Waals surface area contributed by atoms with Gasteiger partial charge < -0.3 is 14.7 Å². The van der Waals surface area contributed by atoms with E-state index in [0.29, 0.717) is 0 Å². The lowest BCUT2D eigenvalue weighted by molar-refractivity contribution is -0.154. The number of hydrogen-bond donors (Lipinski definition) is 1. The van der Waals surface area contributed by atoms with Gasteiger partial charge in [0.25, 0.3) is 5.91 Å². The lowest BCUT2D eigenvalue weighted by Crippen LogP contribution is -2.40. The molecule has 1 atom stereocenters. The number of carboxylic acids is 1. The van der Waals surface area contributed by atoms with E-state index in [1.807, 2.05) is 0 Å². The predicted octanol–water partition coefficient (Wildman–Crippen LogP) is 1.57. The van der Waals surface area contributed by atoms with Gasteiger partial charge in [-0.05, 0) is 13.0 Å². The van der Waals surface area contributed by atoms with Crippen molar-refractivity contribution < 1.29 is 32.6 Å². The minimum Gasteiger partial charge on any atom is -0.480 e. The van der Waals surface area contributed by atoms with Crippen LogP contribution in [0.4, 0.5) is 13.2 Å². The first kappa shape index (κ1) is 16.7. The Labute approximate surface area is 118 Å². The van der Waals surface area contributed by atoms with E-state index in [9.17, 15) is 22.8 Å². The Balaban J connectivity index is 2.84. The molecular weight excluding hydrogens is 293 g/mol. The molecule has 9 heteroatoms. The van der Waals surface area contributed by atoms with Crippen molar-refractivity contribution >= 4 is 11.9 Å². The highest BCUT2D eigenvalue weighted by molar-refractivity contribution is 5.94. The Kier molecular flexibility index (Phi) is 5.12. The predicted molar refractivity (Wildman–Crippen MR) is 65.0 cm³/mol. The number of pyridine rings is 1. The van der Waals surface area contributed by atoms with E-state index in [4.69, 9.17) is 5.11 Å². The van der Waals surface area contributed by atoms with Crippen LogP contribution in [0.2, 0.25) is 0 Å². The van der Waals surface area contributed by atoms with Gasteiger partial charge in [0.05, 0.1) is 0 Å². The minimum absolute atomic E-state index is 0.203. The van der Waals surface area contributed by atoms with Crippen molar-refractivity contribution in [3.63, 3.8) is 0 Å². The van der Waals surface area contributed by atoms with Crippen LogP contribution in [0.5, 0.6) is 5.88 Å². The molecule has 0 aliphatic rings. The summed E-state index contributed by atoms with van der Waals surface area (Å²) in [6.07, 6.45) is -4.52. The largest absolute Gasteiger partial charge is 0.480 e. The van der Waals surface area contributed by atoms with Gasteiger partial charge in [-0.2, -0.15) is 13.2 Å². The Bertz CT molecular complexity index is 533. The van der Waals surface area contributed by atoms with Crippen LogP contribution in [0.15, 0.2) is 18.2 Å². The number of nitrogens with zero attached hydrogens (tertiary/aromatic N) is 2. The SMILES string of the molecule is CC(C(=O)O)N(C)C(=O)c1cccc(OCC(F)(F)F)n1.